The predicted molar refractivity (Wildman–Crippen MR) is 70.1 cm³/mol. The molecule has 1 aromatic heterocycles. The van der Waals surface area contributed by atoms with Crippen molar-refractivity contribution in [2.75, 3.05) is 20.1 Å². The molecule has 1 N–H and O–H groups in total. The molecule has 1 aliphatic heterocycles. The summed E-state index contributed by atoms with van der Waals surface area (Å²) in [5.74, 6) is 2.03. The van der Waals surface area contributed by atoms with Gasteiger partial charge in [-0.05, 0) is 65.4 Å². The maximum absolute atomic E-state index is 5.62. The topological polar surface area (TPSA) is 28.4 Å². The van der Waals surface area contributed by atoms with Gasteiger partial charge in [0.1, 0.15) is 11.5 Å². The van der Waals surface area contributed by atoms with E-state index >= 15 is 0 Å². The molecule has 2 atom stereocenters. The molecular formula is C14H24N2O. The lowest BCUT2D eigenvalue weighted by Gasteiger charge is -2.20. The summed E-state index contributed by atoms with van der Waals surface area (Å²) in [6, 6.07) is 5.18. The molecule has 0 saturated carbocycles. The first kappa shape index (κ1) is 12.7. The van der Waals surface area contributed by atoms with E-state index in [0.29, 0.717) is 6.04 Å². The molecule has 17 heavy (non-hydrogen) atoms. The Bertz CT molecular complexity index is 348. The molecule has 2 rings (SSSR count). The second kappa shape index (κ2) is 5.69. The van der Waals surface area contributed by atoms with Crippen molar-refractivity contribution in [3.63, 3.8) is 0 Å². The highest BCUT2D eigenvalue weighted by molar-refractivity contribution is 5.08. The second-order valence-electron chi connectivity index (χ2n) is 5.19. The van der Waals surface area contributed by atoms with Crippen LogP contribution in [0, 0.1) is 6.92 Å². The minimum absolute atomic E-state index is 0.315. The Morgan fingerprint density at radius 2 is 2.35 bits per heavy atom. The van der Waals surface area contributed by atoms with Gasteiger partial charge in [0.25, 0.3) is 0 Å². The fraction of sp³-hybridized carbons (Fsp3) is 0.714. The molecule has 0 aromatic carbocycles. The molecule has 0 spiro atoms. The van der Waals surface area contributed by atoms with Crippen molar-refractivity contribution in [2.24, 2.45) is 0 Å². The summed E-state index contributed by atoms with van der Waals surface area (Å²) < 4.78 is 5.62. The van der Waals surface area contributed by atoms with Gasteiger partial charge < -0.3 is 14.6 Å². The van der Waals surface area contributed by atoms with Crippen LogP contribution in [-0.2, 0) is 0 Å². The lowest BCUT2D eigenvalue weighted by atomic mass is 10.1. The van der Waals surface area contributed by atoms with Crippen LogP contribution in [0.4, 0.5) is 0 Å². The Labute approximate surface area is 104 Å². The summed E-state index contributed by atoms with van der Waals surface area (Å²) in [6.07, 6.45) is 3.95. The molecule has 0 radical (unpaired) electrons. The summed E-state index contributed by atoms with van der Waals surface area (Å²) in [6.45, 7) is 6.48. The van der Waals surface area contributed by atoms with Crippen molar-refractivity contribution in [3.8, 4) is 0 Å². The minimum atomic E-state index is 0.315. The smallest absolute Gasteiger partial charge is 0.120 e. The summed E-state index contributed by atoms with van der Waals surface area (Å²) in [7, 11) is 2.23. The van der Waals surface area contributed by atoms with Crippen molar-refractivity contribution in [3.05, 3.63) is 23.7 Å². The van der Waals surface area contributed by atoms with Crippen LogP contribution < -0.4 is 5.32 Å². The first-order valence-corrected chi connectivity index (χ1v) is 6.67. The predicted octanol–water partition coefficient (Wildman–Crippen LogP) is 2.72. The molecule has 1 fully saturated rings. The lowest BCUT2D eigenvalue weighted by Crippen LogP contribution is -2.30. The van der Waals surface area contributed by atoms with Crippen molar-refractivity contribution in [2.45, 2.75) is 45.2 Å². The lowest BCUT2D eigenvalue weighted by molar-refractivity contribution is 0.288. The summed E-state index contributed by atoms with van der Waals surface area (Å²) in [5, 5.41) is 3.54. The Morgan fingerprint density at radius 3 is 2.94 bits per heavy atom. The van der Waals surface area contributed by atoms with E-state index in [-0.39, 0.29) is 0 Å². The average molecular weight is 236 g/mol. The highest BCUT2D eigenvalue weighted by Gasteiger charge is 2.20. The molecular weight excluding hydrogens is 212 g/mol. The second-order valence-corrected chi connectivity index (χ2v) is 5.19. The van der Waals surface area contributed by atoms with Crippen LogP contribution in [0.1, 0.15) is 43.7 Å². The third-order valence-electron chi connectivity index (χ3n) is 3.79. The summed E-state index contributed by atoms with van der Waals surface area (Å²) in [4.78, 5) is 2.48. The van der Waals surface area contributed by atoms with Gasteiger partial charge in [0, 0.05) is 6.04 Å². The molecule has 3 nitrogen and oxygen atoms in total. The zero-order chi connectivity index (χ0) is 12.3. The highest BCUT2D eigenvalue weighted by Crippen LogP contribution is 2.19. The van der Waals surface area contributed by atoms with E-state index in [4.69, 9.17) is 4.42 Å². The van der Waals surface area contributed by atoms with E-state index in [9.17, 15) is 0 Å². The Kier molecular flexibility index (Phi) is 4.24. The largest absolute Gasteiger partial charge is 0.465 e. The van der Waals surface area contributed by atoms with Crippen LogP contribution in [0.3, 0.4) is 0 Å². The molecule has 0 aliphatic carbocycles. The van der Waals surface area contributed by atoms with E-state index in [2.05, 4.69) is 30.3 Å². The van der Waals surface area contributed by atoms with Gasteiger partial charge in [-0.25, -0.2) is 0 Å². The van der Waals surface area contributed by atoms with Crippen LogP contribution in [-0.4, -0.2) is 31.1 Å². The molecule has 0 unspecified atom stereocenters. The third kappa shape index (κ3) is 3.33. The Morgan fingerprint density at radius 1 is 1.53 bits per heavy atom. The zero-order valence-electron chi connectivity index (χ0n) is 11.2. The Hall–Kier alpha value is -0.800. The molecule has 0 bridgehead atoms. The van der Waals surface area contributed by atoms with Gasteiger partial charge in [-0.3, -0.25) is 0 Å². The molecule has 1 aliphatic rings. The first-order valence-electron chi connectivity index (χ1n) is 6.67. The number of hydrogen-bond donors (Lipinski definition) is 1. The number of nitrogens with zero attached hydrogens (tertiary/aromatic N) is 1. The third-order valence-corrected chi connectivity index (χ3v) is 3.79. The maximum atomic E-state index is 5.62. The molecule has 1 aromatic rings. The van der Waals surface area contributed by atoms with Crippen LogP contribution in [0.2, 0.25) is 0 Å². The van der Waals surface area contributed by atoms with Crippen molar-refractivity contribution < 1.29 is 4.42 Å². The van der Waals surface area contributed by atoms with Crippen molar-refractivity contribution in [1.29, 1.82) is 0 Å². The number of nitrogens with one attached hydrogen (secondary N) is 1. The Balaban J connectivity index is 1.71. The summed E-state index contributed by atoms with van der Waals surface area (Å²) in [5.41, 5.74) is 0. The number of aryl methyl sites for hydroxylation is 1. The summed E-state index contributed by atoms with van der Waals surface area (Å²) >= 11 is 0. The fourth-order valence-electron chi connectivity index (χ4n) is 2.60. The van der Waals surface area contributed by atoms with Gasteiger partial charge in [0.05, 0.1) is 6.04 Å². The van der Waals surface area contributed by atoms with Gasteiger partial charge in [-0.2, -0.15) is 0 Å². The minimum Gasteiger partial charge on any atom is -0.465 e. The van der Waals surface area contributed by atoms with E-state index in [1.807, 2.05) is 13.0 Å². The average Bonchev–Trinajstić information content (AvgIpc) is 2.88. The SMILES string of the molecule is Cc1ccc([C@@H](C)NCC[C@@H]2CCCN2C)o1. The van der Waals surface area contributed by atoms with E-state index in [1.54, 1.807) is 0 Å². The number of rotatable bonds is 5. The molecule has 3 heteroatoms. The van der Waals surface area contributed by atoms with Gasteiger partial charge >= 0.3 is 0 Å². The van der Waals surface area contributed by atoms with Gasteiger partial charge in [-0.1, -0.05) is 0 Å². The van der Waals surface area contributed by atoms with E-state index < -0.39 is 0 Å². The van der Waals surface area contributed by atoms with Crippen LogP contribution in [0.25, 0.3) is 0 Å². The van der Waals surface area contributed by atoms with Crippen LogP contribution in [0.5, 0.6) is 0 Å². The molecule has 96 valence electrons. The molecule has 1 saturated heterocycles. The number of likely N-dealkylation sites (tertiary alicyclic amines) is 1. The zero-order valence-corrected chi connectivity index (χ0v) is 11.2. The first-order chi connectivity index (χ1) is 8.16. The van der Waals surface area contributed by atoms with Gasteiger partial charge in [0.2, 0.25) is 0 Å². The number of furan rings is 1. The quantitative estimate of drug-likeness (QED) is 0.852. The van der Waals surface area contributed by atoms with Crippen molar-refractivity contribution >= 4 is 0 Å². The van der Waals surface area contributed by atoms with Gasteiger partial charge in [0.15, 0.2) is 0 Å². The van der Waals surface area contributed by atoms with E-state index in [0.717, 1.165) is 24.1 Å². The monoisotopic (exact) mass is 236 g/mol. The van der Waals surface area contributed by atoms with Crippen LogP contribution in [0.15, 0.2) is 16.5 Å². The highest BCUT2D eigenvalue weighted by atomic mass is 16.3. The number of hydrogen-bond acceptors (Lipinski definition) is 3. The van der Waals surface area contributed by atoms with Gasteiger partial charge in [-0.15, -0.1) is 0 Å². The fourth-order valence-corrected chi connectivity index (χ4v) is 2.60. The van der Waals surface area contributed by atoms with E-state index in [1.165, 1.54) is 25.8 Å². The molecule has 2 heterocycles. The van der Waals surface area contributed by atoms with Crippen LogP contribution >= 0.6 is 0 Å². The van der Waals surface area contributed by atoms with Crippen molar-refractivity contribution in [1.82, 2.24) is 10.2 Å². The standard InChI is InChI=1S/C14H24N2O/c1-11-6-7-14(17-11)12(2)15-9-8-13-5-4-10-16(13)3/h6-7,12-13,15H,4-5,8-10H2,1-3H3/t12-,13+/m1/s1. The maximum Gasteiger partial charge on any atom is 0.120 e. The molecule has 0 amide bonds. The normalized spacial score (nSPS) is 23.1.